The Morgan fingerprint density at radius 3 is 2.18 bits per heavy atom. The van der Waals surface area contributed by atoms with E-state index in [1.54, 1.807) is 63.2 Å². The molecular weight excluding hydrogens is 564 g/mol. The Morgan fingerprint density at radius 2 is 1.62 bits per heavy atom. The first-order valence-corrected chi connectivity index (χ1v) is 14.5. The molecule has 0 saturated carbocycles. The third-order valence-electron chi connectivity index (χ3n) is 5.90. The smallest absolute Gasteiger partial charge is 0.264 e. The highest BCUT2D eigenvalue weighted by atomic mass is 35.5. The summed E-state index contributed by atoms with van der Waals surface area (Å²) in [7, 11) is -4.28. The van der Waals surface area contributed by atoms with Crippen LogP contribution in [0.2, 0.25) is 10.0 Å². The maximum Gasteiger partial charge on any atom is 0.264 e. The number of hydrogen-bond donors (Lipinski definition) is 1. The van der Waals surface area contributed by atoms with Crippen LogP contribution in [0.5, 0.6) is 0 Å². The van der Waals surface area contributed by atoms with Crippen molar-refractivity contribution in [1.82, 2.24) is 10.2 Å². The molecule has 1 atom stereocenters. The molecule has 7 nitrogen and oxygen atoms in total. The van der Waals surface area contributed by atoms with E-state index < -0.39 is 34.3 Å². The standard InChI is InChI=1S/C28H30Cl2FN3O4S/c1-4-26(28(36)32-19(2)3)33(17-20-10-11-21(29)16-25(20)30)27(35)18-34(23-8-6-5-7-9-23)39(37,38)24-14-12-22(31)13-15-24/h5-16,19,26H,4,17-18H2,1-3H3,(H,32,36). The molecule has 0 aliphatic heterocycles. The number of nitrogens with zero attached hydrogens (tertiary/aromatic N) is 2. The van der Waals surface area contributed by atoms with Gasteiger partial charge in [-0.15, -0.1) is 0 Å². The fourth-order valence-electron chi connectivity index (χ4n) is 3.99. The number of hydrogen-bond acceptors (Lipinski definition) is 4. The van der Waals surface area contributed by atoms with Gasteiger partial charge in [0, 0.05) is 22.6 Å². The second-order valence-electron chi connectivity index (χ2n) is 9.15. The molecule has 3 aromatic carbocycles. The van der Waals surface area contributed by atoms with Crippen LogP contribution in [0.4, 0.5) is 10.1 Å². The fraction of sp³-hybridized carbons (Fsp3) is 0.286. The first kappa shape index (κ1) is 30.4. The SMILES string of the molecule is CCC(C(=O)NC(C)C)N(Cc1ccc(Cl)cc1Cl)C(=O)CN(c1ccccc1)S(=O)(=O)c1ccc(F)cc1. The highest BCUT2D eigenvalue weighted by Crippen LogP contribution is 2.27. The van der Waals surface area contributed by atoms with Crippen LogP contribution >= 0.6 is 23.2 Å². The molecule has 2 amide bonds. The summed E-state index contributed by atoms with van der Waals surface area (Å²) >= 11 is 12.4. The predicted octanol–water partition coefficient (Wildman–Crippen LogP) is 5.66. The minimum atomic E-state index is -4.28. The van der Waals surface area contributed by atoms with Gasteiger partial charge in [0.05, 0.1) is 10.6 Å². The lowest BCUT2D eigenvalue weighted by atomic mass is 10.1. The van der Waals surface area contributed by atoms with Crippen LogP contribution in [-0.4, -0.2) is 43.8 Å². The first-order chi connectivity index (χ1) is 18.4. The molecule has 208 valence electrons. The zero-order valence-electron chi connectivity index (χ0n) is 21.8. The molecule has 0 heterocycles. The van der Waals surface area contributed by atoms with Crippen LogP contribution in [-0.2, 0) is 26.2 Å². The largest absolute Gasteiger partial charge is 0.352 e. The lowest BCUT2D eigenvalue weighted by Crippen LogP contribution is -2.53. The summed E-state index contributed by atoms with van der Waals surface area (Å²) in [6.07, 6.45) is 0.269. The normalized spacial score (nSPS) is 12.2. The maximum absolute atomic E-state index is 13.9. The van der Waals surface area contributed by atoms with E-state index in [1.165, 1.54) is 11.0 Å². The van der Waals surface area contributed by atoms with Gasteiger partial charge in [-0.25, -0.2) is 12.8 Å². The van der Waals surface area contributed by atoms with E-state index in [0.717, 1.165) is 28.6 Å². The van der Waals surface area contributed by atoms with E-state index in [1.807, 2.05) is 0 Å². The van der Waals surface area contributed by atoms with Gasteiger partial charge in [0.1, 0.15) is 18.4 Å². The van der Waals surface area contributed by atoms with Crippen LogP contribution in [0.3, 0.4) is 0 Å². The Bertz CT molecular complexity index is 1400. The number of nitrogens with one attached hydrogen (secondary N) is 1. The van der Waals surface area contributed by atoms with Crippen molar-refractivity contribution in [1.29, 1.82) is 0 Å². The van der Waals surface area contributed by atoms with E-state index in [2.05, 4.69) is 5.32 Å². The molecule has 0 spiro atoms. The average Bonchev–Trinajstić information content (AvgIpc) is 2.88. The number of halogens is 3. The monoisotopic (exact) mass is 593 g/mol. The van der Waals surface area contributed by atoms with Crippen molar-refractivity contribution in [2.75, 3.05) is 10.8 Å². The summed E-state index contributed by atoms with van der Waals surface area (Å²) in [4.78, 5) is 28.2. The van der Waals surface area contributed by atoms with Crippen LogP contribution < -0.4 is 9.62 Å². The molecular formula is C28H30Cl2FN3O4S. The van der Waals surface area contributed by atoms with Gasteiger partial charge in [-0.1, -0.05) is 54.4 Å². The van der Waals surface area contributed by atoms with Crippen LogP contribution in [0.15, 0.2) is 77.7 Å². The number of anilines is 1. The van der Waals surface area contributed by atoms with Gasteiger partial charge >= 0.3 is 0 Å². The molecule has 0 saturated heterocycles. The third-order valence-corrected chi connectivity index (χ3v) is 8.27. The summed E-state index contributed by atoms with van der Waals surface area (Å²) in [6.45, 7) is 4.70. The summed E-state index contributed by atoms with van der Waals surface area (Å²) in [5, 5.41) is 3.54. The van der Waals surface area contributed by atoms with E-state index in [9.17, 15) is 22.4 Å². The topological polar surface area (TPSA) is 86.8 Å². The molecule has 0 aromatic heterocycles. The number of rotatable bonds is 11. The van der Waals surface area contributed by atoms with Crippen LogP contribution in [0.25, 0.3) is 0 Å². The van der Waals surface area contributed by atoms with Gasteiger partial charge in [-0.2, -0.15) is 0 Å². The second-order valence-corrected chi connectivity index (χ2v) is 11.9. The summed E-state index contributed by atoms with van der Waals surface area (Å²) in [5.74, 6) is -1.59. The minimum Gasteiger partial charge on any atom is -0.352 e. The van der Waals surface area contributed by atoms with Crippen molar-refractivity contribution >= 4 is 50.7 Å². The number of carbonyl (C=O) groups excluding carboxylic acids is 2. The van der Waals surface area contributed by atoms with Crippen molar-refractivity contribution < 1.29 is 22.4 Å². The molecule has 0 aliphatic rings. The highest BCUT2D eigenvalue weighted by Gasteiger charge is 2.34. The van der Waals surface area contributed by atoms with E-state index in [4.69, 9.17) is 23.2 Å². The fourth-order valence-corrected chi connectivity index (χ4v) is 5.87. The van der Waals surface area contributed by atoms with Crippen molar-refractivity contribution in [3.63, 3.8) is 0 Å². The van der Waals surface area contributed by atoms with E-state index in [0.29, 0.717) is 15.6 Å². The zero-order valence-corrected chi connectivity index (χ0v) is 24.1. The number of sulfonamides is 1. The Hall–Kier alpha value is -3.14. The lowest BCUT2D eigenvalue weighted by Gasteiger charge is -2.33. The van der Waals surface area contributed by atoms with Crippen LogP contribution in [0, 0.1) is 5.82 Å². The Labute approximate surface area is 238 Å². The quantitative estimate of drug-likeness (QED) is 0.311. The molecule has 3 rings (SSSR count). The van der Waals surface area contributed by atoms with Gasteiger partial charge in [0.25, 0.3) is 10.0 Å². The number of carbonyl (C=O) groups is 2. The third kappa shape index (κ3) is 7.71. The van der Waals surface area contributed by atoms with E-state index >= 15 is 0 Å². The van der Waals surface area contributed by atoms with Gasteiger partial charge < -0.3 is 10.2 Å². The maximum atomic E-state index is 13.9. The van der Waals surface area contributed by atoms with Crippen molar-refractivity contribution in [3.05, 3.63) is 94.2 Å². The predicted molar refractivity (Wildman–Crippen MR) is 152 cm³/mol. The minimum absolute atomic E-state index is 0.0575. The molecule has 0 radical (unpaired) electrons. The summed E-state index contributed by atoms with van der Waals surface area (Å²) in [5.41, 5.74) is 0.775. The Morgan fingerprint density at radius 1 is 0.974 bits per heavy atom. The lowest BCUT2D eigenvalue weighted by molar-refractivity contribution is -0.140. The molecule has 0 bridgehead atoms. The molecule has 0 aliphatic carbocycles. The average molecular weight is 595 g/mol. The Kier molecular flexibility index (Phi) is 10.4. The summed E-state index contributed by atoms with van der Waals surface area (Å²) < 4.78 is 41.9. The number of benzene rings is 3. The molecule has 39 heavy (non-hydrogen) atoms. The van der Waals surface area contributed by atoms with Gasteiger partial charge in [0.2, 0.25) is 11.8 Å². The Balaban J connectivity index is 2.06. The summed E-state index contributed by atoms with van der Waals surface area (Å²) in [6, 6.07) is 16.2. The van der Waals surface area contributed by atoms with E-state index in [-0.39, 0.29) is 35.5 Å². The number of para-hydroxylation sites is 1. The molecule has 3 aromatic rings. The molecule has 1 unspecified atom stereocenters. The van der Waals surface area contributed by atoms with Crippen molar-refractivity contribution in [2.45, 2.75) is 50.7 Å². The molecule has 0 fully saturated rings. The van der Waals surface area contributed by atoms with Crippen molar-refractivity contribution in [3.8, 4) is 0 Å². The van der Waals surface area contributed by atoms with Gasteiger partial charge in [0.15, 0.2) is 0 Å². The van der Waals surface area contributed by atoms with Gasteiger partial charge in [-0.05, 0) is 74.4 Å². The highest BCUT2D eigenvalue weighted by molar-refractivity contribution is 7.92. The molecule has 11 heteroatoms. The second kappa shape index (κ2) is 13.3. The number of amides is 2. The zero-order chi connectivity index (χ0) is 28.7. The first-order valence-electron chi connectivity index (χ1n) is 12.3. The van der Waals surface area contributed by atoms with Crippen molar-refractivity contribution in [2.24, 2.45) is 0 Å². The van der Waals surface area contributed by atoms with Crippen LogP contribution in [0.1, 0.15) is 32.8 Å². The molecule has 1 N–H and O–H groups in total. The van der Waals surface area contributed by atoms with Gasteiger partial charge in [-0.3, -0.25) is 13.9 Å².